The van der Waals surface area contributed by atoms with E-state index in [-0.39, 0.29) is 23.3 Å². The first-order valence-corrected chi connectivity index (χ1v) is 10.1. The predicted molar refractivity (Wildman–Crippen MR) is 123 cm³/mol. The van der Waals surface area contributed by atoms with Crippen LogP contribution in [-0.4, -0.2) is 32.5 Å². The summed E-state index contributed by atoms with van der Waals surface area (Å²) in [7, 11) is 1.30. The average Bonchev–Trinajstić information content (AvgIpc) is 3.12. The second-order valence-electron chi connectivity index (χ2n) is 7.27. The van der Waals surface area contributed by atoms with Crippen molar-refractivity contribution in [3.05, 3.63) is 76.1 Å². The quantitative estimate of drug-likeness (QED) is 0.164. The molecule has 12 heteroatoms. The molecule has 8 nitrogen and oxygen atoms in total. The van der Waals surface area contributed by atoms with Gasteiger partial charge in [-0.1, -0.05) is 18.2 Å². The molecule has 2 aromatic carbocycles. The minimum Gasteiger partial charge on any atom is -0.494 e. The van der Waals surface area contributed by atoms with Crippen LogP contribution in [-0.2, 0) is 6.54 Å². The minimum absolute atomic E-state index is 0.0376. The Kier molecular flexibility index (Phi) is 7.26. The number of rotatable bonds is 5. The second-order valence-corrected chi connectivity index (χ2v) is 7.61. The zero-order chi connectivity index (χ0) is 25.0. The van der Waals surface area contributed by atoms with Gasteiger partial charge >= 0.3 is 5.69 Å². The van der Waals surface area contributed by atoms with Gasteiger partial charge in [0.15, 0.2) is 0 Å². The van der Waals surface area contributed by atoms with Gasteiger partial charge in [-0.2, -0.15) is 4.39 Å². The van der Waals surface area contributed by atoms with E-state index in [1.165, 1.54) is 7.11 Å². The number of nitrogens with two attached hydrogens (primary N) is 1. The van der Waals surface area contributed by atoms with E-state index in [1.54, 1.807) is 23.0 Å². The zero-order valence-corrected chi connectivity index (χ0v) is 18.8. The summed E-state index contributed by atoms with van der Waals surface area (Å²) in [6.07, 6.45) is 3.23. The number of ether oxygens (including phenoxy) is 1. The maximum absolute atomic E-state index is 13.3. The highest BCUT2D eigenvalue weighted by Gasteiger charge is 2.24. The second kappa shape index (κ2) is 9.96. The fourth-order valence-corrected chi connectivity index (χ4v) is 3.39. The molecule has 0 aliphatic heterocycles. The van der Waals surface area contributed by atoms with Gasteiger partial charge in [0.05, 0.1) is 30.0 Å². The Morgan fingerprint density at radius 1 is 1.26 bits per heavy atom. The van der Waals surface area contributed by atoms with E-state index in [2.05, 4.69) is 14.7 Å². The maximum Gasteiger partial charge on any atom is 0.307 e. The summed E-state index contributed by atoms with van der Waals surface area (Å²) in [5.74, 6) is -3.67. The molecule has 0 fully saturated rings. The molecule has 0 unspecified atom stereocenters. The summed E-state index contributed by atoms with van der Waals surface area (Å²) in [5, 5.41) is 11.2. The van der Waals surface area contributed by atoms with Gasteiger partial charge in [0, 0.05) is 47.9 Å². The number of hydrogen-bond acceptors (Lipinski definition) is 6. The number of fused-ring (bicyclic) bond motifs is 1. The summed E-state index contributed by atoms with van der Waals surface area (Å²) in [6, 6.07) is 10.9. The Balaban J connectivity index is 0.000000215. The molecule has 178 valence electrons. The van der Waals surface area contributed by atoms with Gasteiger partial charge in [0.2, 0.25) is 11.1 Å². The highest BCUT2D eigenvalue weighted by atomic mass is 35.5. The van der Waals surface area contributed by atoms with Gasteiger partial charge in [-0.15, -0.1) is 0 Å². The van der Waals surface area contributed by atoms with Crippen LogP contribution in [0.5, 0.6) is 5.75 Å². The number of anilines is 1. The van der Waals surface area contributed by atoms with Crippen LogP contribution in [0.1, 0.15) is 6.92 Å². The fraction of sp³-hybridized carbons (Fsp3) is 0.182. The third kappa shape index (κ3) is 5.73. The summed E-state index contributed by atoms with van der Waals surface area (Å²) in [5.41, 5.74) is 6.84. The van der Waals surface area contributed by atoms with Crippen molar-refractivity contribution in [3.63, 3.8) is 0 Å². The van der Waals surface area contributed by atoms with Crippen molar-refractivity contribution in [2.45, 2.75) is 19.4 Å². The number of hydrogen-bond donors (Lipinski definition) is 1. The molecule has 4 rings (SSSR count). The van der Waals surface area contributed by atoms with Gasteiger partial charge in [0.1, 0.15) is 5.75 Å². The van der Waals surface area contributed by atoms with Gasteiger partial charge in [-0.3, -0.25) is 10.1 Å². The van der Waals surface area contributed by atoms with Gasteiger partial charge < -0.3 is 15.0 Å². The van der Waals surface area contributed by atoms with Crippen molar-refractivity contribution in [2.24, 2.45) is 0 Å². The van der Waals surface area contributed by atoms with E-state index in [9.17, 15) is 23.3 Å². The number of methoxy groups -OCH3 is 1. The smallest absolute Gasteiger partial charge is 0.307 e. The number of para-hydroxylation sites is 1. The van der Waals surface area contributed by atoms with Crippen LogP contribution in [0.2, 0.25) is 5.28 Å². The zero-order valence-electron chi connectivity index (χ0n) is 18.0. The largest absolute Gasteiger partial charge is 0.494 e. The molecular weight excluding hydrogens is 475 g/mol. The number of aromatic nitrogens is 3. The third-order valence-corrected chi connectivity index (χ3v) is 4.82. The molecule has 0 saturated heterocycles. The lowest BCUT2D eigenvalue weighted by molar-refractivity contribution is -0.387. The average molecular weight is 494 g/mol. The standard InChI is InChI=1S/C15H12ClF2N3.C7H7FN2O3/c1-15(17,18)9-21-8-11(10-4-2-3-5-13(10)21)12-6-7-19-14(16)20-12;1-13-7-2-4(8)6(10(11)12)3-5(7)9/h2-8H,9H2,1H3;2-3H,9H2,1H3. The van der Waals surface area contributed by atoms with Gasteiger partial charge in [0.25, 0.3) is 5.92 Å². The number of nitrogens with zero attached hydrogens (tertiary/aromatic N) is 4. The minimum atomic E-state index is -2.79. The third-order valence-electron chi connectivity index (χ3n) is 4.63. The van der Waals surface area contributed by atoms with Gasteiger partial charge in [-0.25, -0.2) is 18.7 Å². The van der Waals surface area contributed by atoms with Crippen LogP contribution in [0.25, 0.3) is 22.2 Å². The lowest BCUT2D eigenvalue weighted by Gasteiger charge is -2.12. The predicted octanol–water partition coefficient (Wildman–Crippen LogP) is 5.73. The van der Waals surface area contributed by atoms with Crippen LogP contribution < -0.4 is 10.5 Å². The molecule has 2 heterocycles. The van der Waals surface area contributed by atoms with Crippen molar-refractivity contribution < 1.29 is 22.8 Å². The van der Waals surface area contributed by atoms with Crippen LogP contribution in [0.15, 0.2) is 54.9 Å². The summed E-state index contributed by atoms with van der Waals surface area (Å²) in [4.78, 5) is 17.4. The Morgan fingerprint density at radius 3 is 2.59 bits per heavy atom. The van der Waals surface area contributed by atoms with E-state index < -0.39 is 22.4 Å². The molecule has 2 aromatic heterocycles. The van der Waals surface area contributed by atoms with Gasteiger partial charge in [-0.05, 0) is 23.7 Å². The normalized spacial score (nSPS) is 11.1. The monoisotopic (exact) mass is 493 g/mol. The molecule has 0 spiro atoms. The van der Waals surface area contributed by atoms with E-state index in [0.717, 1.165) is 35.5 Å². The van der Waals surface area contributed by atoms with Crippen molar-refractivity contribution in [2.75, 3.05) is 12.8 Å². The van der Waals surface area contributed by atoms with Crippen molar-refractivity contribution >= 4 is 33.9 Å². The summed E-state index contributed by atoms with van der Waals surface area (Å²) < 4.78 is 45.8. The highest BCUT2D eigenvalue weighted by molar-refractivity contribution is 6.28. The molecule has 4 aromatic rings. The number of nitro benzene ring substituents is 1. The number of halogens is 4. The Hall–Kier alpha value is -3.86. The summed E-state index contributed by atoms with van der Waals surface area (Å²) in [6.45, 7) is 0.523. The molecule has 2 N–H and O–H groups in total. The van der Waals surface area contributed by atoms with Crippen LogP contribution in [0.4, 0.5) is 24.5 Å². The molecule has 0 aliphatic rings. The van der Waals surface area contributed by atoms with Crippen LogP contribution in [0.3, 0.4) is 0 Å². The Labute approximate surface area is 196 Å². The highest BCUT2D eigenvalue weighted by Crippen LogP contribution is 2.31. The first kappa shape index (κ1) is 24.8. The lowest BCUT2D eigenvalue weighted by atomic mass is 10.1. The van der Waals surface area contributed by atoms with E-state index in [0.29, 0.717) is 5.69 Å². The SMILES string of the molecule is CC(F)(F)Cn1cc(-c2ccnc(Cl)n2)c2ccccc21.COc1cc(F)c([N+](=O)[O-])cc1N. The van der Waals surface area contributed by atoms with E-state index in [4.69, 9.17) is 17.3 Å². The molecule has 0 aliphatic carbocycles. The molecule has 0 bridgehead atoms. The maximum atomic E-state index is 13.3. The first-order chi connectivity index (χ1) is 16.0. The molecule has 0 atom stereocenters. The van der Waals surface area contributed by atoms with E-state index >= 15 is 0 Å². The van der Waals surface area contributed by atoms with Crippen LogP contribution in [0, 0.1) is 15.9 Å². The number of nitro groups is 1. The molecule has 34 heavy (non-hydrogen) atoms. The molecule has 0 radical (unpaired) electrons. The number of nitrogen functional groups attached to an aromatic ring is 1. The molecule has 0 amide bonds. The molecule has 0 saturated carbocycles. The number of benzene rings is 2. The van der Waals surface area contributed by atoms with Crippen molar-refractivity contribution in [1.29, 1.82) is 0 Å². The topological polar surface area (TPSA) is 109 Å². The lowest BCUT2D eigenvalue weighted by Crippen LogP contribution is -2.18. The van der Waals surface area contributed by atoms with Crippen molar-refractivity contribution in [3.8, 4) is 17.0 Å². The Morgan fingerprint density at radius 2 is 1.97 bits per heavy atom. The Bertz CT molecular complexity index is 1340. The first-order valence-electron chi connectivity index (χ1n) is 9.72. The van der Waals surface area contributed by atoms with E-state index in [1.807, 2.05) is 24.3 Å². The van der Waals surface area contributed by atoms with Crippen LogP contribution >= 0.6 is 11.6 Å². The fourth-order valence-electron chi connectivity index (χ4n) is 3.24. The number of alkyl halides is 2. The van der Waals surface area contributed by atoms with Crippen molar-refractivity contribution in [1.82, 2.24) is 14.5 Å². The summed E-state index contributed by atoms with van der Waals surface area (Å²) >= 11 is 5.81. The molecular formula is C22H19ClF3N5O3.